The average Bonchev–Trinajstić information content (AvgIpc) is 2.25. The lowest BCUT2D eigenvalue weighted by atomic mass is 10.1. The second kappa shape index (κ2) is 7.84. The summed E-state index contributed by atoms with van der Waals surface area (Å²) < 4.78 is 0. The standard InChI is InChI=1S/C12H24N4O/c1-7-8-12(17)11(4)13-9(2)10(3)14-15-16(5)6/h11-13,17H,2-3,7-8H2,1,4-6H3/b15-14-/t11?,12-/m1/s1. The van der Waals surface area contributed by atoms with E-state index in [-0.39, 0.29) is 6.04 Å². The fourth-order valence-corrected chi connectivity index (χ4v) is 1.20. The molecular weight excluding hydrogens is 216 g/mol. The van der Waals surface area contributed by atoms with E-state index in [9.17, 15) is 5.11 Å². The third kappa shape index (κ3) is 6.73. The topological polar surface area (TPSA) is 60.2 Å². The summed E-state index contributed by atoms with van der Waals surface area (Å²) in [4.78, 5) is 0. The molecule has 0 fully saturated rings. The van der Waals surface area contributed by atoms with Crippen molar-refractivity contribution in [2.45, 2.75) is 38.8 Å². The SMILES string of the molecule is C=C(/N=N\N(C)C)C(=C)NC(C)[C@H](O)CCC. The Morgan fingerprint density at radius 2 is 2.00 bits per heavy atom. The van der Waals surface area contributed by atoms with Crippen LogP contribution in [0.3, 0.4) is 0 Å². The molecule has 1 unspecified atom stereocenters. The van der Waals surface area contributed by atoms with Crippen molar-refractivity contribution in [3.63, 3.8) is 0 Å². The van der Waals surface area contributed by atoms with E-state index in [0.717, 1.165) is 12.8 Å². The molecule has 0 radical (unpaired) electrons. The number of nitrogens with one attached hydrogen (secondary N) is 1. The van der Waals surface area contributed by atoms with Gasteiger partial charge in [-0.25, -0.2) is 0 Å². The molecule has 5 heteroatoms. The fraction of sp³-hybridized carbons (Fsp3) is 0.667. The number of hydrogen-bond donors (Lipinski definition) is 2. The molecule has 0 aliphatic carbocycles. The Morgan fingerprint density at radius 3 is 2.47 bits per heavy atom. The molecule has 5 nitrogen and oxygen atoms in total. The van der Waals surface area contributed by atoms with Crippen LogP contribution in [0.25, 0.3) is 0 Å². The molecule has 17 heavy (non-hydrogen) atoms. The maximum Gasteiger partial charge on any atom is 0.103 e. The molecule has 0 aromatic carbocycles. The minimum absolute atomic E-state index is 0.0752. The minimum Gasteiger partial charge on any atom is -0.391 e. The minimum atomic E-state index is -0.393. The van der Waals surface area contributed by atoms with Crippen LogP contribution >= 0.6 is 0 Å². The van der Waals surface area contributed by atoms with E-state index in [1.807, 2.05) is 13.8 Å². The van der Waals surface area contributed by atoms with Crippen LogP contribution in [0.2, 0.25) is 0 Å². The van der Waals surface area contributed by atoms with Crippen LogP contribution in [0.4, 0.5) is 0 Å². The van der Waals surface area contributed by atoms with Gasteiger partial charge in [-0.2, -0.15) is 0 Å². The Labute approximate surface area is 104 Å². The Kier molecular flexibility index (Phi) is 7.21. The molecule has 0 saturated carbocycles. The lowest BCUT2D eigenvalue weighted by Gasteiger charge is -2.21. The van der Waals surface area contributed by atoms with E-state index in [0.29, 0.717) is 11.4 Å². The number of rotatable bonds is 8. The van der Waals surface area contributed by atoms with Gasteiger partial charge in [0.1, 0.15) is 5.70 Å². The Morgan fingerprint density at radius 1 is 1.41 bits per heavy atom. The van der Waals surface area contributed by atoms with E-state index in [2.05, 4.69) is 28.8 Å². The van der Waals surface area contributed by atoms with E-state index in [4.69, 9.17) is 0 Å². The largest absolute Gasteiger partial charge is 0.391 e. The van der Waals surface area contributed by atoms with Gasteiger partial charge in [-0.1, -0.05) is 31.7 Å². The zero-order valence-corrected chi connectivity index (χ0v) is 11.3. The number of nitrogens with zero attached hydrogens (tertiary/aromatic N) is 3. The van der Waals surface area contributed by atoms with Gasteiger partial charge < -0.3 is 10.4 Å². The summed E-state index contributed by atoms with van der Waals surface area (Å²) in [6.07, 6.45) is 1.31. The lowest BCUT2D eigenvalue weighted by molar-refractivity contribution is 0.129. The zero-order valence-electron chi connectivity index (χ0n) is 11.3. The van der Waals surface area contributed by atoms with Crippen molar-refractivity contribution < 1.29 is 5.11 Å². The van der Waals surface area contributed by atoms with E-state index in [1.165, 1.54) is 0 Å². The van der Waals surface area contributed by atoms with Gasteiger partial charge in [0, 0.05) is 20.1 Å². The summed E-state index contributed by atoms with van der Waals surface area (Å²) in [5, 5.41) is 22.1. The van der Waals surface area contributed by atoms with Crippen molar-refractivity contribution >= 4 is 0 Å². The summed E-state index contributed by atoms with van der Waals surface area (Å²) in [7, 11) is 3.56. The van der Waals surface area contributed by atoms with E-state index in [1.54, 1.807) is 19.1 Å². The molecule has 0 heterocycles. The highest BCUT2D eigenvalue weighted by molar-refractivity contribution is 5.21. The van der Waals surface area contributed by atoms with Gasteiger partial charge in [0.2, 0.25) is 0 Å². The maximum absolute atomic E-state index is 9.77. The van der Waals surface area contributed by atoms with Crippen LogP contribution in [-0.4, -0.2) is 36.4 Å². The van der Waals surface area contributed by atoms with Crippen molar-refractivity contribution in [2.24, 2.45) is 10.3 Å². The van der Waals surface area contributed by atoms with Crippen LogP contribution in [0, 0.1) is 0 Å². The molecule has 0 bridgehead atoms. The van der Waals surface area contributed by atoms with Gasteiger partial charge >= 0.3 is 0 Å². The maximum atomic E-state index is 9.77. The first-order chi connectivity index (χ1) is 7.88. The second-order valence-electron chi connectivity index (χ2n) is 4.25. The normalized spacial score (nSPS) is 14.4. The van der Waals surface area contributed by atoms with Gasteiger partial charge in [0.05, 0.1) is 11.8 Å². The molecule has 0 saturated heterocycles. The first-order valence-electron chi connectivity index (χ1n) is 5.80. The summed E-state index contributed by atoms with van der Waals surface area (Å²) in [5.41, 5.74) is 1.05. The zero-order chi connectivity index (χ0) is 13.4. The highest BCUT2D eigenvalue weighted by Gasteiger charge is 2.14. The third-order valence-corrected chi connectivity index (χ3v) is 2.26. The van der Waals surface area contributed by atoms with Crippen LogP contribution < -0.4 is 5.32 Å². The predicted molar refractivity (Wildman–Crippen MR) is 70.3 cm³/mol. The van der Waals surface area contributed by atoms with Gasteiger partial charge in [-0.05, 0) is 13.3 Å². The van der Waals surface area contributed by atoms with Crippen LogP contribution in [-0.2, 0) is 0 Å². The van der Waals surface area contributed by atoms with Crippen LogP contribution in [0.5, 0.6) is 0 Å². The van der Waals surface area contributed by atoms with Gasteiger partial charge in [0.15, 0.2) is 0 Å². The first kappa shape index (κ1) is 15.6. The molecular formula is C12H24N4O. The monoisotopic (exact) mass is 240 g/mol. The molecule has 0 aromatic rings. The van der Waals surface area contributed by atoms with Gasteiger partial charge in [-0.3, -0.25) is 5.01 Å². The number of aliphatic hydroxyl groups is 1. The summed E-state index contributed by atoms with van der Waals surface area (Å²) in [5.74, 6) is 0. The molecule has 2 atom stereocenters. The van der Waals surface area contributed by atoms with Crippen LogP contribution in [0.1, 0.15) is 26.7 Å². The molecule has 0 aromatic heterocycles. The molecule has 98 valence electrons. The predicted octanol–water partition coefficient (Wildman–Crippen LogP) is 2.08. The summed E-state index contributed by atoms with van der Waals surface area (Å²) >= 11 is 0. The second-order valence-corrected chi connectivity index (χ2v) is 4.25. The molecule has 0 aliphatic rings. The number of hydrogen-bond acceptors (Lipinski definition) is 4. The average molecular weight is 240 g/mol. The lowest BCUT2D eigenvalue weighted by Crippen LogP contribution is -2.36. The molecule has 0 amide bonds. The van der Waals surface area contributed by atoms with E-state index >= 15 is 0 Å². The Hall–Kier alpha value is -1.36. The quantitative estimate of drug-likeness (QED) is 0.388. The van der Waals surface area contributed by atoms with Crippen molar-refractivity contribution in [1.29, 1.82) is 0 Å². The molecule has 0 rings (SSSR count). The van der Waals surface area contributed by atoms with Crippen molar-refractivity contribution in [1.82, 2.24) is 10.3 Å². The highest BCUT2D eigenvalue weighted by Crippen LogP contribution is 2.09. The number of aliphatic hydroxyl groups excluding tert-OH is 1. The van der Waals surface area contributed by atoms with Crippen molar-refractivity contribution in [3.8, 4) is 0 Å². The van der Waals surface area contributed by atoms with Gasteiger partial charge in [-0.15, -0.1) is 5.11 Å². The first-order valence-corrected chi connectivity index (χ1v) is 5.80. The van der Waals surface area contributed by atoms with Crippen molar-refractivity contribution in [3.05, 3.63) is 24.6 Å². The Balaban J connectivity index is 4.20. The van der Waals surface area contributed by atoms with Gasteiger partial charge in [0.25, 0.3) is 0 Å². The summed E-state index contributed by atoms with van der Waals surface area (Å²) in [6, 6.07) is -0.0752. The third-order valence-electron chi connectivity index (χ3n) is 2.26. The van der Waals surface area contributed by atoms with Crippen LogP contribution in [0.15, 0.2) is 34.9 Å². The highest BCUT2D eigenvalue weighted by atomic mass is 16.3. The Bertz CT molecular complexity index is 286. The molecule has 2 N–H and O–H groups in total. The fourth-order valence-electron chi connectivity index (χ4n) is 1.20. The smallest absolute Gasteiger partial charge is 0.103 e. The van der Waals surface area contributed by atoms with Crippen molar-refractivity contribution in [2.75, 3.05) is 14.1 Å². The molecule has 0 spiro atoms. The van der Waals surface area contributed by atoms with E-state index < -0.39 is 6.10 Å². The summed E-state index contributed by atoms with van der Waals surface area (Å²) in [6.45, 7) is 11.5. The molecule has 0 aliphatic heterocycles.